The second-order valence-electron chi connectivity index (χ2n) is 2.16. The van der Waals surface area contributed by atoms with Gasteiger partial charge in [0.15, 0.2) is 0 Å². The zero-order chi connectivity index (χ0) is 7.56. The van der Waals surface area contributed by atoms with E-state index in [2.05, 4.69) is 0 Å². The molecule has 0 saturated carbocycles. The number of aromatic hydroxyl groups is 1. The van der Waals surface area contributed by atoms with Crippen molar-refractivity contribution in [1.82, 2.24) is 0 Å². The molecule has 0 bridgehead atoms. The van der Waals surface area contributed by atoms with Crippen LogP contribution >= 0.6 is 0 Å². The molecule has 2 nitrogen and oxygen atoms in total. The van der Waals surface area contributed by atoms with Gasteiger partial charge in [-0.2, -0.15) is 0 Å². The maximum absolute atomic E-state index is 9.25. The van der Waals surface area contributed by atoms with Crippen molar-refractivity contribution in [3.63, 3.8) is 0 Å². The van der Waals surface area contributed by atoms with E-state index >= 15 is 0 Å². The first kappa shape index (κ1) is 6.81. The normalized spacial score (nSPS) is 9.30. The van der Waals surface area contributed by atoms with Gasteiger partial charge in [0.2, 0.25) is 0 Å². The predicted octanol–water partition coefficient (Wildman–Crippen LogP) is 1.70. The fourth-order valence-electron chi connectivity index (χ4n) is 0.798. The summed E-state index contributed by atoms with van der Waals surface area (Å²) in [5.41, 5.74) is 1.38. The Morgan fingerprint density at radius 2 is 2.20 bits per heavy atom. The molecule has 0 unspecified atom stereocenters. The first-order valence-electron chi connectivity index (χ1n) is 3.04. The predicted molar refractivity (Wildman–Crippen MR) is 40.7 cm³/mol. The summed E-state index contributed by atoms with van der Waals surface area (Å²) in [4.78, 5) is 0. The maximum atomic E-state index is 9.25. The second-order valence-corrected chi connectivity index (χ2v) is 2.16. The number of rotatable bonds is 1. The molecule has 1 aromatic rings. The van der Waals surface area contributed by atoms with Crippen LogP contribution in [0.2, 0.25) is 0 Å². The highest BCUT2D eigenvalue weighted by Gasteiger charge is 1.98. The number of aryl methyl sites for hydroxylation is 1. The number of hydrogen-bond donors (Lipinski definition) is 2. The van der Waals surface area contributed by atoms with Gasteiger partial charge in [0.1, 0.15) is 5.75 Å². The molecule has 1 aromatic carbocycles. The van der Waals surface area contributed by atoms with E-state index in [0.717, 1.165) is 11.8 Å². The lowest BCUT2D eigenvalue weighted by Crippen LogP contribution is -1.82. The van der Waals surface area contributed by atoms with Gasteiger partial charge in [0.05, 0.1) is 0 Å². The fraction of sp³-hybridized carbons (Fsp3) is 0.125. The van der Waals surface area contributed by atoms with Gasteiger partial charge in [-0.15, -0.1) is 0 Å². The molecule has 0 heterocycles. The van der Waals surface area contributed by atoms with Crippen LogP contribution in [0.5, 0.6) is 5.75 Å². The molecule has 10 heavy (non-hydrogen) atoms. The van der Waals surface area contributed by atoms with E-state index < -0.39 is 0 Å². The van der Waals surface area contributed by atoms with Gasteiger partial charge in [-0.3, -0.25) is 0 Å². The van der Waals surface area contributed by atoms with Crippen molar-refractivity contribution in [2.75, 3.05) is 0 Å². The molecule has 0 amide bonds. The lowest BCUT2D eigenvalue weighted by atomic mass is 10.1. The topological polar surface area (TPSA) is 44.1 Å². The zero-order valence-corrected chi connectivity index (χ0v) is 5.76. The van der Waals surface area contributed by atoms with Crippen LogP contribution in [0.3, 0.4) is 0 Å². The molecule has 2 heteroatoms. The lowest BCUT2D eigenvalue weighted by molar-refractivity contribution is 0.470. The number of nitrogens with one attached hydrogen (secondary N) is 1. The summed E-state index contributed by atoms with van der Waals surface area (Å²) in [5.74, 6) is 0.206. The summed E-state index contributed by atoms with van der Waals surface area (Å²) in [7, 11) is 0. The third-order valence-corrected chi connectivity index (χ3v) is 1.42. The minimum absolute atomic E-state index is 0.206. The number of benzene rings is 1. The molecule has 0 aromatic heterocycles. The maximum Gasteiger partial charge on any atom is 0.127 e. The highest BCUT2D eigenvalue weighted by atomic mass is 16.3. The number of phenolic OH excluding ortho intramolecular Hbond substituents is 1. The van der Waals surface area contributed by atoms with Gasteiger partial charge >= 0.3 is 0 Å². The van der Waals surface area contributed by atoms with Gasteiger partial charge in [-0.25, -0.2) is 0 Å². The van der Waals surface area contributed by atoms with Gasteiger partial charge in [0, 0.05) is 11.8 Å². The van der Waals surface area contributed by atoms with Crippen LogP contribution in [0.4, 0.5) is 0 Å². The lowest BCUT2D eigenvalue weighted by Gasteiger charge is -1.99. The van der Waals surface area contributed by atoms with Gasteiger partial charge in [-0.05, 0) is 18.6 Å². The van der Waals surface area contributed by atoms with Crippen LogP contribution in [0.25, 0.3) is 0 Å². The Kier molecular flexibility index (Phi) is 1.71. The Hall–Kier alpha value is -1.31. The molecular weight excluding hydrogens is 126 g/mol. The Morgan fingerprint density at radius 3 is 2.70 bits per heavy atom. The quantitative estimate of drug-likeness (QED) is 0.565. The van der Waals surface area contributed by atoms with E-state index in [1.165, 1.54) is 0 Å². The third-order valence-electron chi connectivity index (χ3n) is 1.42. The monoisotopic (exact) mass is 135 g/mol. The average Bonchev–Trinajstić information content (AvgIpc) is 1.95. The average molecular weight is 135 g/mol. The Bertz CT molecular complexity index is 255. The minimum atomic E-state index is 0.206. The summed E-state index contributed by atoms with van der Waals surface area (Å²) >= 11 is 0. The molecule has 0 aliphatic heterocycles. The number of hydrogen-bond acceptors (Lipinski definition) is 2. The van der Waals surface area contributed by atoms with Gasteiger partial charge < -0.3 is 10.5 Å². The Balaban J connectivity index is 3.27. The van der Waals surface area contributed by atoms with E-state index in [4.69, 9.17) is 5.41 Å². The van der Waals surface area contributed by atoms with Crippen LogP contribution in [0.1, 0.15) is 11.1 Å². The SMILES string of the molecule is Cc1cccc(C=N)c1O. The second kappa shape index (κ2) is 2.52. The van der Waals surface area contributed by atoms with E-state index in [-0.39, 0.29) is 5.75 Å². The molecule has 0 aliphatic rings. The van der Waals surface area contributed by atoms with Crippen LogP contribution < -0.4 is 0 Å². The van der Waals surface area contributed by atoms with Crippen molar-refractivity contribution >= 4 is 6.21 Å². The third kappa shape index (κ3) is 1.00. The van der Waals surface area contributed by atoms with Crippen LogP contribution in [0, 0.1) is 12.3 Å². The summed E-state index contributed by atoms with van der Waals surface area (Å²) in [6, 6.07) is 5.33. The van der Waals surface area contributed by atoms with Gasteiger partial charge in [-0.1, -0.05) is 12.1 Å². The molecule has 0 fully saturated rings. The smallest absolute Gasteiger partial charge is 0.127 e. The van der Waals surface area contributed by atoms with Crippen molar-refractivity contribution in [3.8, 4) is 5.75 Å². The summed E-state index contributed by atoms with van der Waals surface area (Å²) in [6.07, 6.45) is 1.14. The highest BCUT2D eigenvalue weighted by Crippen LogP contribution is 2.18. The molecule has 0 saturated heterocycles. The van der Waals surface area contributed by atoms with E-state index in [0.29, 0.717) is 5.56 Å². The molecule has 0 atom stereocenters. The first-order chi connectivity index (χ1) is 4.75. The first-order valence-corrected chi connectivity index (χ1v) is 3.04. The summed E-state index contributed by atoms with van der Waals surface area (Å²) < 4.78 is 0. The Labute approximate surface area is 59.6 Å². The minimum Gasteiger partial charge on any atom is -0.507 e. The molecule has 1 rings (SSSR count). The molecule has 0 spiro atoms. The van der Waals surface area contributed by atoms with Crippen LogP contribution in [-0.4, -0.2) is 11.3 Å². The van der Waals surface area contributed by atoms with Crippen molar-refractivity contribution in [2.45, 2.75) is 6.92 Å². The summed E-state index contributed by atoms with van der Waals surface area (Å²) in [6.45, 7) is 1.81. The van der Waals surface area contributed by atoms with E-state index in [1.54, 1.807) is 6.07 Å². The standard InChI is InChI=1S/C8H9NO/c1-6-3-2-4-7(5-9)8(6)10/h2-5,9-10H,1H3. The Morgan fingerprint density at radius 1 is 1.50 bits per heavy atom. The highest BCUT2D eigenvalue weighted by molar-refractivity contribution is 5.81. The van der Waals surface area contributed by atoms with Crippen molar-refractivity contribution in [2.24, 2.45) is 0 Å². The van der Waals surface area contributed by atoms with Crippen molar-refractivity contribution < 1.29 is 5.11 Å². The van der Waals surface area contributed by atoms with Crippen molar-refractivity contribution in [3.05, 3.63) is 29.3 Å². The van der Waals surface area contributed by atoms with Crippen LogP contribution in [0.15, 0.2) is 18.2 Å². The molecule has 0 aliphatic carbocycles. The van der Waals surface area contributed by atoms with Crippen LogP contribution in [-0.2, 0) is 0 Å². The van der Waals surface area contributed by atoms with Gasteiger partial charge in [0.25, 0.3) is 0 Å². The fourth-order valence-corrected chi connectivity index (χ4v) is 0.798. The number of phenols is 1. The zero-order valence-electron chi connectivity index (χ0n) is 5.76. The van der Waals surface area contributed by atoms with E-state index in [1.807, 2.05) is 19.1 Å². The van der Waals surface area contributed by atoms with Crippen molar-refractivity contribution in [1.29, 1.82) is 5.41 Å². The molecule has 52 valence electrons. The summed E-state index contributed by atoms with van der Waals surface area (Å²) in [5, 5.41) is 16.1. The molecule has 0 radical (unpaired) electrons. The van der Waals surface area contributed by atoms with E-state index in [9.17, 15) is 5.11 Å². The largest absolute Gasteiger partial charge is 0.507 e. The molecule has 2 N–H and O–H groups in total. The molecular formula is C8H9NO. The number of para-hydroxylation sites is 1.